The highest BCUT2D eigenvalue weighted by Crippen LogP contribution is 2.44. The molecule has 48 heavy (non-hydrogen) atoms. The monoisotopic (exact) mass is 655 g/mol. The van der Waals surface area contributed by atoms with Crippen molar-refractivity contribution >= 4 is 28.3 Å². The molecule has 4 heterocycles. The largest absolute Gasteiger partial charge is 0.497 e. The average Bonchev–Trinajstić information content (AvgIpc) is 3.83. The summed E-state index contributed by atoms with van der Waals surface area (Å²) in [5.74, 6) is 1.82. The number of pyridine rings is 3. The first kappa shape index (κ1) is 31.4. The lowest BCUT2D eigenvalue weighted by molar-refractivity contribution is -0.141. The Balaban J connectivity index is 1.23. The van der Waals surface area contributed by atoms with Gasteiger partial charge < -0.3 is 24.4 Å². The number of methoxy groups -OCH3 is 2. The number of ether oxygens (including phenoxy) is 3. The normalized spacial score (nSPS) is 14.1. The number of amides is 1. The van der Waals surface area contributed by atoms with Crippen LogP contribution >= 0.6 is 0 Å². The summed E-state index contributed by atoms with van der Waals surface area (Å²) in [7, 11) is 3.22. The standard InChI is InChI=1S/C36H32F3N5O4/c1-46-25-10-8-23(31(15-25)47-2)16-42-34-28-20-48-19-27(28)26-11-5-21(14-29(26)43-34)18-44(30-4-3-13-40-33(30)22-6-7-22)35(45)24-9-12-32(41-17-24)36(37,38)39/h3-5,8-15,17,22H,6-7,16,18-20H2,1-2H3,(H,42,43). The number of carbonyl (C=O) groups excluding carboxylic acids is 1. The molecule has 1 N–H and O–H groups in total. The number of rotatable bonds is 10. The summed E-state index contributed by atoms with van der Waals surface area (Å²) >= 11 is 0. The van der Waals surface area contributed by atoms with Gasteiger partial charge in [0.15, 0.2) is 0 Å². The molecular formula is C36H32F3N5O4. The van der Waals surface area contributed by atoms with Crippen molar-refractivity contribution in [3.05, 3.63) is 112 Å². The third kappa shape index (κ3) is 6.23. The number of aromatic nitrogens is 3. The van der Waals surface area contributed by atoms with Gasteiger partial charge in [-0.25, -0.2) is 4.98 Å². The van der Waals surface area contributed by atoms with E-state index >= 15 is 0 Å². The number of nitrogens with zero attached hydrogens (tertiary/aromatic N) is 4. The molecule has 9 nitrogen and oxygen atoms in total. The van der Waals surface area contributed by atoms with Gasteiger partial charge in [0.2, 0.25) is 0 Å². The van der Waals surface area contributed by atoms with Crippen molar-refractivity contribution in [2.75, 3.05) is 24.4 Å². The highest BCUT2D eigenvalue weighted by atomic mass is 19.4. The molecule has 12 heteroatoms. The molecule has 2 aromatic carbocycles. The Hall–Kier alpha value is -5.23. The fraction of sp³-hybridized carbons (Fsp3) is 0.278. The van der Waals surface area contributed by atoms with Crippen LogP contribution in [-0.4, -0.2) is 35.1 Å². The summed E-state index contributed by atoms with van der Waals surface area (Å²) in [4.78, 5) is 28.7. The third-order valence-corrected chi connectivity index (χ3v) is 8.66. The molecule has 0 spiro atoms. The number of fused-ring (bicyclic) bond motifs is 3. The van der Waals surface area contributed by atoms with Crippen LogP contribution in [0.15, 0.2) is 73.1 Å². The van der Waals surface area contributed by atoms with E-state index in [-0.39, 0.29) is 18.0 Å². The van der Waals surface area contributed by atoms with Gasteiger partial charge in [0.05, 0.1) is 56.4 Å². The van der Waals surface area contributed by atoms with E-state index < -0.39 is 17.8 Å². The van der Waals surface area contributed by atoms with Gasteiger partial charge in [-0.3, -0.25) is 14.8 Å². The van der Waals surface area contributed by atoms with E-state index in [1.165, 1.54) is 6.07 Å². The Labute approximate surface area is 274 Å². The summed E-state index contributed by atoms with van der Waals surface area (Å²) in [5, 5.41) is 4.41. The summed E-state index contributed by atoms with van der Waals surface area (Å²) in [6, 6.07) is 17.1. The van der Waals surface area contributed by atoms with Gasteiger partial charge in [-0.1, -0.05) is 12.1 Å². The van der Waals surface area contributed by atoms with Crippen LogP contribution in [0.2, 0.25) is 0 Å². The van der Waals surface area contributed by atoms with Crippen molar-refractivity contribution in [1.82, 2.24) is 15.0 Å². The Kier molecular flexibility index (Phi) is 8.34. The van der Waals surface area contributed by atoms with Crippen LogP contribution in [-0.2, 0) is 37.2 Å². The Bertz CT molecular complexity index is 2000. The highest BCUT2D eigenvalue weighted by molar-refractivity contribution is 6.06. The zero-order valence-electron chi connectivity index (χ0n) is 26.3. The molecule has 1 fully saturated rings. The van der Waals surface area contributed by atoms with E-state index in [0.717, 1.165) is 64.0 Å². The minimum absolute atomic E-state index is 0.0444. The van der Waals surface area contributed by atoms with E-state index in [2.05, 4.69) is 15.3 Å². The van der Waals surface area contributed by atoms with Crippen LogP contribution in [0, 0.1) is 0 Å². The van der Waals surface area contributed by atoms with Crippen molar-refractivity contribution < 1.29 is 32.2 Å². The Morgan fingerprint density at radius 2 is 1.83 bits per heavy atom. The quantitative estimate of drug-likeness (QED) is 0.166. The minimum atomic E-state index is -4.61. The molecule has 5 aromatic rings. The summed E-state index contributed by atoms with van der Waals surface area (Å²) in [5.41, 5.74) is 4.86. The van der Waals surface area contributed by atoms with Crippen LogP contribution in [0.3, 0.4) is 0 Å². The van der Waals surface area contributed by atoms with Gasteiger partial charge >= 0.3 is 6.18 Å². The van der Waals surface area contributed by atoms with Gasteiger partial charge in [-0.2, -0.15) is 13.2 Å². The lowest BCUT2D eigenvalue weighted by atomic mass is 10.0. The first-order valence-corrected chi connectivity index (χ1v) is 15.5. The summed E-state index contributed by atoms with van der Waals surface area (Å²) in [6.07, 6.45) is -0.0236. The molecule has 0 atom stereocenters. The van der Waals surface area contributed by atoms with E-state index in [4.69, 9.17) is 19.2 Å². The molecule has 2 aliphatic rings. The lowest BCUT2D eigenvalue weighted by Crippen LogP contribution is -2.31. The number of hydrogen-bond acceptors (Lipinski definition) is 8. The SMILES string of the molecule is COc1ccc(CNc2nc3cc(CN(C(=O)c4ccc(C(F)(F)F)nc4)c4cccnc4C4CC4)ccc3c3c2COC3)c(OC)c1. The maximum atomic E-state index is 14.0. The Morgan fingerprint density at radius 3 is 2.56 bits per heavy atom. The molecule has 0 radical (unpaired) electrons. The fourth-order valence-electron chi connectivity index (χ4n) is 6.02. The zero-order chi connectivity index (χ0) is 33.4. The maximum Gasteiger partial charge on any atom is 0.433 e. The Morgan fingerprint density at radius 1 is 1.00 bits per heavy atom. The second-order valence-corrected chi connectivity index (χ2v) is 11.8. The van der Waals surface area contributed by atoms with Crippen LogP contribution in [0.25, 0.3) is 10.9 Å². The molecule has 1 saturated carbocycles. The van der Waals surface area contributed by atoms with Crippen molar-refractivity contribution in [2.24, 2.45) is 0 Å². The van der Waals surface area contributed by atoms with Crippen molar-refractivity contribution in [3.8, 4) is 11.5 Å². The molecule has 0 unspecified atom stereocenters. The van der Waals surface area contributed by atoms with Gasteiger partial charge in [-0.05, 0) is 66.4 Å². The average molecular weight is 656 g/mol. The van der Waals surface area contributed by atoms with Crippen LogP contribution in [0.1, 0.15) is 62.8 Å². The lowest BCUT2D eigenvalue weighted by Gasteiger charge is -2.25. The number of hydrogen-bond donors (Lipinski definition) is 1. The van der Waals surface area contributed by atoms with Gasteiger partial charge in [0, 0.05) is 47.4 Å². The van der Waals surface area contributed by atoms with Gasteiger partial charge in [0.1, 0.15) is 23.0 Å². The second-order valence-electron chi connectivity index (χ2n) is 11.8. The minimum Gasteiger partial charge on any atom is -0.497 e. The molecule has 1 aliphatic carbocycles. The van der Waals surface area contributed by atoms with Gasteiger partial charge in [-0.15, -0.1) is 0 Å². The van der Waals surface area contributed by atoms with E-state index in [1.807, 2.05) is 42.5 Å². The molecular weight excluding hydrogens is 623 g/mol. The van der Waals surface area contributed by atoms with Crippen LogP contribution < -0.4 is 19.7 Å². The first-order valence-electron chi connectivity index (χ1n) is 15.5. The number of halogens is 3. The molecule has 0 saturated heterocycles. The molecule has 0 bridgehead atoms. The number of alkyl halides is 3. The molecule has 1 aliphatic heterocycles. The third-order valence-electron chi connectivity index (χ3n) is 8.66. The van der Waals surface area contributed by atoms with E-state index in [0.29, 0.717) is 42.8 Å². The molecule has 1 amide bonds. The summed E-state index contributed by atoms with van der Waals surface area (Å²) in [6.45, 7) is 1.46. The second kappa shape index (κ2) is 12.8. The number of carbonyl (C=O) groups is 1. The maximum absolute atomic E-state index is 14.0. The van der Waals surface area contributed by atoms with Crippen molar-refractivity contribution in [2.45, 2.75) is 51.2 Å². The topological polar surface area (TPSA) is 98.7 Å². The van der Waals surface area contributed by atoms with Crippen LogP contribution in [0.4, 0.5) is 24.7 Å². The molecule has 7 rings (SSSR count). The van der Waals surface area contributed by atoms with Crippen LogP contribution in [0.5, 0.6) is 11.5 Å². The molecule has 246 valence electrons. The van der Waals surface area contributed by atoms with Crippen molar-refractivity contribution in [1.29, 1.82) is 0 Å². The number of nitrogens with one attached hydrogen (secondary N) is 1. The van der Waals surface area contributed by atoms with E-state index in [9.17, 15) is 18.0 Å². The van der Waals surface area contributed by atoms with Crippen molar-refractivity contribution in [3.63, 3.8) is 0 Å². The fourth-order valence-corrected chi connectivity index (χ4v) is 6.02. The summed E-state index contributed by atoms with van der Waals surface area (Å²) < 4.78 is 56.4. The highest BCUT2D eigenvalue weighted by Gasteiger charge is 2.34. The zero-order valence-corrected chi connectivity index (χ0v) is 26.3. The smallest absolute Gasteiger partial charge is 0.433 e. The number of benzene rings is 2. The van der Waals surface area contributed by atoms with Gasteiger partial charge in [0.25, 0.3) is 5.91 Å². The van der Waals surface area contributed by atoms with E-state index in [1.54, 1.807) is 31.4 Å². The first-order chi connectivity index (χ1) is 23.2. The predicted molar refractivity (Wildman–Crippen MR) is 173 cm³/mol. The predicted octanol–water partition coefficient (Wildman–Crippen LogP) is 7.43. The number of anilines is 2. The molecule has 3 aromatic heterocycles.